The predicted octanol–water partition coefficient (Wildman–Crippen LogP) is 1.78. The van der Waals surface area contributed by atoms with Gasteiger partial charge in [0.2, 0.25) is 0 Å². The van der Waals surface area contributed by atoms with Gasteiger partial charge in [-0.3, -0.25) is 4.79 Å². The molecule has 0 saturated heterocycles. The van der Waals surface area contributed by atoms with E-state index >= 15 is 0 Å². The van der Waals surface area contributed by atoms with Crippen LogP contribution in [0, 0.1) is 0 Å². The van der Waals surface area contributed by atoms with Gasteiger partial charge in [0.05, 0.1) is 12.1 Å². The first-order chi connectivity index (χ1) is 9.21. The minimum atomic E-state index is -4.92. The minimum Gasteiger partial charge on any atom is -0.492 e. The van der Waals surface area contributed by atoms with Crippen LogP contribution in [0.15, 0.2) is 24.3 Å². The number of benzene rings is 1. The number of nitrogens with zero attached hydrogens (tertiary/aromatic N) is 1. The Balaban J connectivity index is 2.51. The number of halogens is 3. The number of hydrogen-bond acceptors (Lipinski definition) is 3. The van der Waals surface area contributed by atoms with Gasteiger partial charge in [0.25, 0.3) is 0 Å². The molecule has 8 heteroatoms. The zero-order chi connectivity index (χ0) is 15.3. The third kappa shape index (κ3) is 4.45. The molecule has 110 valence electrons. The van der Waals surface area contributed by atoms with E-state index < -0.39 is 18.1 Å². The number of hydrogen-bond donors (Lipinski definition) is 1. The summed E-state index contributed by atoms with van der Waals surface area (Å²) in [5, 5.41) is 8.75. The van der Waals surface area contributed by atoms with Gasteiger partial charge in [0.1, 0.15) is 12.4 Å². The molecule has 0 radical (unpaired) electrons. The molecule has 5 nitrogen and oxygen atoms in total. The van der Waals surface area contributed by atoms with Crippen LogP contribution in [-0.4, -0.2) is 48.3 Å². The Kier molecular flexibility index (Phi) is 4.95. The third-order valence-corrected chi connectivity index (χ3v) is 2.37. The largest absolute Gasteiger partial charge is 0.492 e. The standard InChI is InChI=1S/C12H12F3NO4/c1-16(11(19)12(13,14)15)5-6-20-9-4-2-3-8(7-9)10(17)18/h2-4,7H,5-6H2,1H3,(H,17,18). The highest BCUT2D eigenvalue weighted by Gasteiger charge is 2.41. The molecule has 0 fully saturated rings. The summed E-state index contributed by atoms with van der Waals surface area (Å²) in [7, 11) is 1.01. The van der Waals surface area contributed by atoms with Crippen molar-refractivity contribution in [3.8, 4) is 5.75 Å². The van der Waals surface area contributed by atoms with E-state index in [2.05, 4.69) is 0 Å². The number of aromatic carboxylic acids is 1. The summed E-state index contributed by atoms with van der Waals surface area (Å²) < 4.78 is 41.4. The molecule has 0 unspecified atom stereocenters. The van der Waals surface area contributed by atoms with Crippen molar-refractivity contribution in [2.45, 2.75) is 6.18 Å². The molecule has 0 aliphatic heterocycles. The van der Waals surface area contributed by atoms with E-state index in [1.54, 1.807) is 0 Å². The van der Waals surface area contributed by atoms with Crippen molar-refractivity contribution in [3.05, 3.63) is 29.8 Å². The fourth-order valence-electron chi connectivity index (χ4n) is 1.34. The predicted molar refractivity (Wildman–Crippen MR) is 62.6 cm³/mol. The first-order valence-electron chi connectivity index (χ1n) is 5.50. The van der Waals surface area contributed by atoms with Crippen molar-refractivity contribution in [1.82, 2.24) is 4.90 Å². The summed E-state index contributed by atoms with van der Waals surface area (Å²) >= 11 is 0. The Morgan fingerprint density at radius 2 is 2.00 bits per heavy atom. The average molecular weight is 291 g/mol. The van der Waals surface area contributed by atoms with Crippen LogP contribution in [0.25, 0.3) is 0 Å². The number of carboxylic acids is 1. The van der Waals surface area contributed by atoms with Gasteiger partial charge in [0.15, 0.2) is 0 Å². The molecule has 0 aliphatic carbocycles. The first-order valence-corrected chi connectivity index (χ1v) is 5.50. The SMILES string of the molecule is CN(CCOc1cccc(C(=O)O)c1)C(=O)C(F)(F)F. The van der Waals surface area contributed by atoms with Crippen molar-refractivity contribution in [1.29, 1.82) is 0 Å². The van der Waals surface area contributed by atoms with E-state index in [1.807, 2.05) is 0 Å². The van der Waals surface area contributed by atoms with Crippen LogP contribution in [0.4, 0.5) is 13.2 Å². The van der Waals surface area contributed by atoms with E-state index in [-0.39, 0.29) is 24.5 Å². The smallest absolute Gasteiger partial charge is 0.471 e. The maximum absolute atomic E-state index is 12.1. The zero-order valence-corrected chi connectivity index (χ0v) is 10.5. The topological polar surface area (TPSA) is 66.8 Å². The van der Waals surface area contributed by atoms with Crippen LogP contribution in [0.5, 0.6) is 5.75 Å². The van der Waals surface area contributed by atoms with Gasteiger partial charge in [-0.25, -0.2) is 4.79 Å². The molecule has 20 heavy (non-hydrogen) atoms. The highest BCUT2D eigenvalue weighted by molar-refractivity contribution is 5.88. The molecular weight excluding hydrogens is 279 g/mol. The van der Waals surface area contributed by atoms with Crippen LogP contribution in [0.3, 0.4) is 0 Å². The Morgan fingerprint density at radius 1 is 1.35 bits per heavy atom. The van der Waals surface area contributed by atoms with Crippen LogP contribution in [0.2, 0.25) is 0 Å². The number of carbonyl (C=O) groups excluding carboxylic acids is 1. The molecule has 1 N–H and O–H groups in total. The van der Waals surface area contributed by atoms with Crippen molar-refractivity contribution in [2.24, 2.45) is 0 Å². The maximum atomic E-state index is 12.1. The molecule has 0 saturated carbocycles. The Labute approximate surface area is 112 Å². The van der Waals surface area contributed by atoms with Gasteiger partial charge in [0, 0.05) is 7.05 Å². The summed E-state index contributed by atoms with van der Waals surface area (Å²) in [4.78, 5) is 22.0. The van der Waals surface area contributed by atoms with Gasteiger partial charge in [-0.05, 0) is 18.2 Å². The number of alkyl halides is 3. The summed E-state index contributed by atoms with van der Waals surface area (Å²) in [6.45, 7) is -0.447. The number of ether oxygens (including phenoxy) is 1. The number of amides is 1. The summed E-state index contributed by atoms with van der Waals surface area (Å²) in [5.74, 6) is -2.89. The molecule has 0 spiro atoms. The molecule has 0 aliphatic rings. The molecule has 1 amide bonds. The summed E-state index contributed by atoms with van der Waals surface area (Å²) in [6, 6.07) is 5.52. The van der Waals surface area contributed by atoms with Crippen LogP contribution >= 0.6 is 0 Å². The van der Waals surface area contributed by atoms with Gasteiger partial charge in [-0.1, -0.05) is 6.07 Å². The Bertz CT molecular complexity index is 502. The quantitative estimate of drug-likeness (QED) is 0.898. The Morgan fingerprint density at radius 3 is 2.55 bits per heavy atom. The number of rotatable bonds is 5. The maximum Gasteiger partial charge on any atom is 0.471 e. The van der Waals surface area contributed by atoms with Crippen LogP contribution in [-0.2, 0) is 4.79 Å². The first kappa shape index (κ1) is 15.8. The van der Waals surface area contributed by atoms with Crippen molar-refractivity contribution < 1.29 is 32.6 Å². The van der Waals surface area contributed by atoms with E-state index in [0.717, 1.165) is 7.05 Å². The van der Waals surface area contributed by atoms with E-state index in [0.29, 0.717) is 4.90 Å². The summed E-state index contributed by atoms with van der Waals surface area (Å²) in [5.41, 5.74) is 0.00206. The minimum absolute atomic E-state index is 0.00206. The molecule has 0 atom stereocenters. The summed E-state index contributed by atoms with van der Waals surface area (Å²) in [6.07, 6.45) is -4.92. The molecule has 0 heterocycles. The van der Waals surface area contributed by atoms with Crippen molar-refractivity contribution in [2.75, 3.05) is 20.2 Å². The monoisotopic (exact) mass is 291 g/mol. The van der Waals surface area contributed by atoms with Gasteiger partial charge >= 0.3 is 18.1 Å². The highest BCUT2D eigenvalue weighted by Crippen LogP contribution is 2.17. The van der Waals surface area contributed by atoms with Gasteiger partial charge < -0.3 is 14.7 Å². The average Bonchev–Trinajstić information content (AvgIpc) is 2.37. The normalized spacial score (nSPS) is 11.0. The van der Waals surface area contributed by atoms with Crippen LogP contribution < -0.4 is 4.74 Å². The fourth-order valence-corrected chi connectivity index (χ4v) is 1.34. The number of carboxylic acid groups (broad SMARTS) is 1. The number of likely N-dealkylation sites (N-methyl/N-ethyl adjacent to an activating group) is 1. The lowest BCUT2D eigenvalue weighted by Gasteiger charge is -2.18. The second-order valence-electron chi connectivity index (χ2n) is 3.91. The fraction of sp³-hybridized carbons (Fsp3) is 0.333. The second-order valence-corrected chi connectivity index (χ2v) is 3.91. The second kappa shape index (κ2) is 6.27. The molecule has 1 rings (SSSR count). The van der Waals surface area contributed by atoms with E-state index in [4.69, 9.17) is 9.84 Å². The van der Waals surface area contributed by atoms with Gasteiger partial charge in [-0.2, -0.15) is 13.2 Å². The van der Waals surface area contributed by atoms with Gasteiger partial charge in [-0.15, -0.1) is 0 Å². The molecular formula is C12H12F3NO4. The van der Waals surface area contributed by atoms with E-state index in [1.165, 1.54) is 24.3 Å². The molecule has 0 bridgehead atoms. The lowest BCUT2D eigenvalue weighted by atomic mass is 10.2. The number of carbonyl (C=O) groups is 2. The molecule has 1 aromatic carbocycles. The lowest BCUT2D eigenvalue weighted by molar-refractivity contribution is -0.184. The Hall–Kier alpha value is -2.25. The van der Waals surface area contributed by atoms with Crippen molar-refractivity contribution >= 4 is 11.9 Å². The van der Waals surface area contributed by atoms with Crippen molar-refractivity contribution in [3.63, 3.8) is 0 Å². The zero-order valence-electron chi connectivity index (χ0n) is 10.5. The molecule has 0 aromatic heterocycles. The highest BCUT2D eigenvalue weighted by atomic mass is 19.4. The van der Waals surface area contributed by atoms with Crippen LogP contribution in [0.1, 0.15) is 10.4 Å². The van der Waals surface area contributed by atoms with E-state index in [9.17, 15) is 22.8 Å². The lowest BCUT2D eigenvalue weighted by Crippen LogP contribution is -2.40. The third-order valence-electron chi connectivity index (χ3n) is 2.37. The molecule has 1 aromatic rings.